The quantitative estimate of drug-likeness (QED) is 0.838. The fraction of sp³-hybridized carbons (Fsp3) is 0.625. The highest BCUT2D eigenvalue weighted by Gasteiger charge is 2.20. The van der Waals surface area contributed by atoms with Gasteiger partial charge in [0.1, 0.15) is 12.4 Å². The summed E-state index contributed by atoms with van der Waals surface area (Å²) in [6.07, 6.45) is 6.47. The molecule has 1 aromatic rings. The predicted octanol–water partition coefficient (Wildman–Crippen LogP) is 3.35. The van der Waals surface area contributed by atoms with Crippen LogP contribution in [0.2, 0.25) is 5.02 Å². The first-order valence-corrected chi connectivity index (χ1v) is 7.90. The zero-order valence-electron chi connectivity index (χ0n) is 11.9. The van der Waals surface area contributed by atoms with E-state index in [0.29, 0.717) is 12.6 Å². The van der Waals surface area contributed by atoms with Gasteiger partial charge in [0.2, 0.25) is 0 Å². The van der Waals surface area contributed by atoms with E-state index >= 15 is 0 Å². The van der Waals surface area contributed by atoms with Crippen LogP contribution in [0.5, 0.6) is 5.75 Å². The summed E-state index contributed by atoms with van der Waals surface area (Å²) in [5, 5.41) is 9.94. The van der Waals surface area contributed by atoms with Gasteiger partial charge < -0.3 is 9.84 Å². The fourth-order valence-electron chi connectivity index (χ4n) is 2.86. The number of rotatable bonds is 7. The molecule has 0 heterocycles. The lowest BCUT2D eigenvalue weighted by Gasteiger charge is -2.33. The van der Waals surface area contributed by atoms with E-state index in [9.17, 15) is 5.11 Å². The van der Waals surface area contributed by atoms with Crippen LogP contribution < -0.4 is 4.74 Å². The fourth-order valence-corrected chi connectivity index (χ4v) is 2.99. The Morgan fingerprint density at radius 3 is 2.45 bits per heavy atom. The molecular weight excluding hydrogens is 274 g/mol. The summed E-state index contributed by atoms with van der Waals surface area (Å²) < 4.78 is 5.75. The van der Waals surface area contributed by atoms with Crippen molar-refractivity contribution in [1.29, 1.82) is 0 Å². The topological polar surface area (TPSA) is 32.7 Å². The predicted molar refractivity (Wildman–Crippen MR) is 82.5 cm³/mol. The van der Waals surface area contributed by atoms with Crippen molar-refractivity contribution in [1.82, 2.24) is 4.90 Å². The SMILES string of the molecule is OCCN(CCOc1ccc(Cl)cc1)C1CCCCC1. The second-order valence-electron chi connectivity index (χ2n) is 5.35. The van der Waals surface area contributed by atoms with Crippen LogP contribution in [-0.2, 0) is 0 Å². The van der Waals surface area contributed by atoms with Gasteiger partial charge in [0, 0.05) is 24.2 Å². The van der Waals surface area contributed by atoms with Crippen LogP contribution in [0.15, 0.2) is 24.3 Å². The van der Waals surface area contributed by atoms with Crippen LogP contribution in [0.3, 0.4) is 0 Å². The number of hydrogen-bond donors (Lipinski definition) is 1. The molecule has 1 saturated carbocycles. The molecule has 0 saturated heterocycles. The van der Waals surface area contributed by atoms with Crippen molar-refractivity contribution in [2.24, 2.45) is 0 Å². The monoisotopic (exact) mass is 297 g/mol. The average Bonchev–Trinajstić information content (AvgIpc) is 2.49. The molecule has 0 spiro atoms. The highest BCUT2D eigenvalue weighted by molar-refractivity contribution is 6.30. The molecule has 1 aliphatic carbocycles. The first-order valence-electron chi connectivity index (χ1n) is 7.53. The van der Waals surface area contributed by atoms with Crippen molar-refractivity contribution in [3.63, 3.8) is 0 Å². The lowest BCUT2D eigenvalue weighted by atomic mass is 9.94. The van der Waals surface area contributed by atoms with Crippen molar-refractivity contribution in [3.05, 3.63) is 29.3 Å². The first kappa shape index (κ1) is 15.6. The third kappa shape index (κ3) is 4.97. The molecule has 0 atom stereocenters. The summed E-state index contributed by atoms with van der Waals surface area (Å²) in [7, 11) is 0. The van der Waals surface area contributed by atoms with Crippen molar-refractivity contribution in [2.45, 2.75) is 38.1 Å². The average molecular weight is 298 g/mol. The molecular formula is C16H24ClNO2. The Labute approximate surface area is 126 Å². The minimum Gasteiger partial charge on any atom is -0.492 e. The number of aliphatic hydroxyl groups excluding tert-OH is 1. The van der Waals surface area contributed by atoms with Gasteiger partial charge in [-0.1, -0.05) is 30.9 Å². The third-order valence-corrected chi connectivity index (χ3v) is 4.19. The van der Waals surface area contributed by atoms with Gasteiger partial charge in [-0.25, -0.2) is 0 Å². The minimum atomic E-state index is 0.220. The van der Waals surface area contributed by atoms with E-state index < -0.39 is 0 Å². The lowest BCUT2D eigenvalue weighted by molar-refractivity contribution is 0.106. The maximum atomic E-state index is 9.22. The van der Waals surface area contributed by atoms with Gasteiger partial charge in [-0.15, -0.1) is 0 Å². The molecule has 0 aliphatic heterocycles. The molecule has 1 aromatic carbocycles. The molecule has 1 fully saturated rings. The Balaban J connectivity index is 1.77. The molecule has 112 valence electrons. The van der Waals surface area contributed by atoms with Gasteiger partial charge in [0.05, 0.1) is 6.61 Å². The van der Waals surface area contributed by atoms with Gasteiger partial charge in [0.15, 0.2) is 0 Å². The van der Waals surface area contributed by atoms with E-state index in [4.69, 9.17) is 16.3 Å². The largest absolute Gasteiger partial charge is 0.492 e. The van der Waals surface area contributed by atoms with Crippen molar-refractivity contribution in [3.8, 4) is 5.75 Å². The van der Waals surface area contributed by atoms with Crippen LogP contribution in [0.1, 0.15) is 32.1 Å². The van der Waals surface area contributed by atoms with E-state index in [2.05, 4.69) is 4.90 Å². The summed E-state index contributed by atoms with van der Waals surface area (Å²) >= 11 is 5.85. The summed E-state index contributed by atoms with van der Waals surface area (Å²) in [6.45, 7) is 2.48. The highest BCUT2D eigenvalue weighted by Crippen LogP contribution is 2.22. The van der Waals surface area contributed by atoms with Crippen LogP contribution in [-0.4, -0.2) is 42.4 Å². The Morgan fingerprint density at radius 2 is 1.80 bits per heavy atom. The number of aliphatic hydroxyl groups is 1. The highest BCUT2D eigenvalue weighted by atomic mass is 35.5. The molecule has 0 radical (unpaired) electrons. The van der Waals surface area contributed by atoms with Gasteiger partial charge in [-0.05, 0) is 37.1 Å². The minimum absolute atomic E-state index is 0.220. The number of ether oxygens (including phenoxy) is 1. The summed E-state index contributed by atoms with van der Waals surface area (Å²) in [5.41, 5.74) is 0. The maximum Gasteiger partial charge on any atom is 0.119 e. The van der Waals surface area contributed by atoms with E-state index in [-0.39, 0.29) is 6.61 Å². The molecule has 3 nitrogen and oxygen atoms in total. The maximum absolute atomic E-state index is 9.22. The molecule has 4 heteroatoms. The van der Waals surface area contributed by atoms with Crippen LogP contribution in [0.4, 0.5) is 0 Å². The van der Waals surface area contributed by atoms with E-state index in [1.54, 1.807) is 0 Å². The Bertz CT molecular complexity index is 377. The van der Waals surface area contributed by atoms with Crippen LogP contribution in [0, 0.1) is 0 Å². The second-order valence-corrected chi connectivity index (χ2v) is 5.79. The molecule has 0 bridgehead atoms. The van der Waals surface area contributed by atoms with Crippen molar-refractivity contribution >= 4 is 11.6 Å². The molecule has 1 aliphatic rings. The van der Waals surface area contributed by atoms with Crippen LogP contribution >= 0.6 is 11.6 Å². The first-order chi connectivity index (χ1) is 9.79. The zero-order valence-corrected chi connectivity index (χ0v) is 12.7. The molecule has 0 amide bonds. The van der Waals surface area contributed by atoms with Gasteiger partial charge in [0.25, 0.3) is 0 Å². The number of hydrogen-bond acceptors (Lipinski definition) is 3. The number of benzene rings is 1. The van der Waals surface area contributed by atoms with E-state index in [1.165, 1.54) is 32.1 Å². The molecule has 2 rings (SSSR count). The zero-order chi connectivity index (χ0) is 14.2. The lowest BCUT2D eigenvalue weighted by Crippen LogP contribution is -2.41. The number of halogens is 1. The van der Waals surface area contributed by atoms with Crippen molar-refractivity contribution in [2.75, 3.05) is 26.3 Å². The van der Waals surface area contributed by atoms with Gasteiger partial charge in [-0.3, -0.25) is 4.90 Å². The third-order valence-electron chi connectivity index (χ3n) is 3.94. The molecule has 20 heavy (non-hydrogen) atoms. The summed E-state index contributed by atoms with van der Waals surface area (Å²) in [6, 6.07) is 8.07. The number of nitrogens with zero attached hydrogens (tertiary/aromatic N) is 1. The Morgan fingerprint density at radius 1 is 1.10 bits per heavy atom. The smallest absolute Gasteiger partial charge is 0.119 e. The summed E-state index contributed by atoms with van der Waals surface area (Å²) in [5.74, 6) is 0.849. The van der Waals surface area contributed by atoms with E-state index in [1.807, 2.05) is 24.3 Å². The van der Waals surface area contributed by atoms with Crippen molar-refractivity contribution < 1.29 is 9.84 Å². The van der Waals surface area contributed by atoms with Gasteiger partial charge >= 0.3 is 0 Å². The molecule has 0 aromatic heterocycles. The molecule has 0 unspecified atom stereocenters. The molecule has 1 N–H and O–H groups in total. The summed E-state index contributed by atoms with van der Waals surface area (Å²) in [4.78, 5) is 2.37. The Hall–Kier alpha value is -0.770. The Kier molecular flexibility index (Phi) is 6.64. The normalized spacial score (nSPS) is 16.6. The van der Waals surface area contributed by atoms with E-state index in [0.717, 1.165) is 23.9 Å². The standard InChI is InChI=1S/C16H24ClNO2/c17-14-6-8-16(9-7-14)20-13-11-18(10-12-19)15-4-2-1-3-5-15/h6-9,15,19H,1-5,10-13H2. The van der Waals surface area contributed by atoms with Gasteiger partial charge in [-0.2, -0.15) is 0 Å². The van der Waals surface area contributed by atoms with Crippen LogP contribution in [0.25, 0.3) is 0 Å². The second kappa shape index (κ2) is 8.50.